The van der Waals surface area contributed by atoms with Gasteiger partial charge in [0.05, 0.1) is 0 Å². The fourth-order valence-corrected chi connectivity index (χ4v) is 1.75. The molecular weight excluding hydrogens is 202 g/mol. The highest BCUT2D eigenvalue weighted by molar-refractivity contribution is 5.86. The Labute approximate surface area is 96.6 Å². The molecule has 2 atom stereocenters. The third kappa shape index (κ3) is 3.76. The van der Waals surface area contributed by atoms with E-state index in [1.54, 1.807) is 0 Å². The molecule has 1 aromatic rings. The number of carbonyl (C=O) groups excluding carboxylic acids is 1. The van der Waals surface area contributed by atoms with Crippen LogP contribution in [0.3, 0.4) is 0 Å². The summed E-state index contributed by atoms with van der Waals surface area (Å²) in [7, 11) is 1.53. The van der Waals surface area contributed by atoms with Gasteiger partial charge in [-0.1, -0.05) is 30.3 Å². The predicted octanol–water partition coefficient (Wildman–Crippen LogP) is 1.72. The molecule has 0 aliphatic carbocycles. The number of hydrogen-bond donors (Lipinski definition) is 1. The lowest BCUT2D eigenvalue weighted by atomic mass is 9.89. The second-order valence-corrected chi connectivity index (χ2v) is 4.08. The van der Waals surface area contributed by atoms with Crippen molar-refractivity contribution in [3.63, 3.8) is 0 Å². The maximum absolute atomic E-state index is 11.9. The smallest absolute Gasteiger partial charge is 0.165 e. The number of benzene rings is 1. The molecule has 0 amide bonds. The van der Waals surface area contributed by atoms with Gasteiger partial charge in [0.1, 0.15) is 6.61 Å². The summed E-state index contributed by atoms with van der Waals surface area (Å²) in [5, 5.41) is 0. The van der Waals surface area contributed by atoms with Crippen molar-refractivity contribution < 1.29 is 9.53 Å². The molecule has 0 aliphatic rings. The minimum atomic E-state index is -0.152. The Morgan fingerprint density at radius 1 is 1.38 bits per heavy atom. The first-order valence-corrected chi connectivity index (χ1v) is 5.47. The molecule has 1 aromatic carbocycles. The van der Waals surface area contributed by atoms with Gasteiger partial charge in [0.2, 0.25) is 0 Å². The van der Waals surface area contributed by atoms with E-state index in [-0.39, 0.29) is 24.3 Å². The van der Waals surface area contributed by atoms with Crippen LogP contribution in [0.2, 0.25) is 0 Å². The monoisotopic (exact) mass is 221 g/mol. The summed E-state index contributed by atoms with van der Waals surface area (Å²) in [6.07, 6.45) is 0.659. The first-order chi connectivity index (χ1) is 7.65. The summed E-state index contributed by atoms with van der Waals surface area (Å²) in [6.45, 7) is 2.06. The van der Waals surface area contributed by atoms with Crippen LogP contribution in [0.4, 0.5) is 0 Å². The van der Waals surface area contributed by atoms with Crippen LogP contribution in [-0.2, 0) is 9.53 Å². The van der Waals surface area contributed by atoms with Crippen LogP contribution in [-0.4, -0.2) is 25.5 Å². The molecular formula is C13H19NO2. The molecule has 0 aromatic heterocycles. The largest absolute Gasteiger partial charge is 0.377 e. The van der Waals surface area contributed by atoms with Crippen molar-refractivity contribution in [3.05, 3.63) is 35.9 Å². The van der Waals surface area contributed by atoms with E-state index < -0.39 is 0 Å². The van der Waals surface area contributed by atoms with E-state index in [0.29, 0.717) is 6.42 Å². The Balaban J connectivity index is 2.83. The van der Waals surface area contributed by atoms with E-state index in [2.05, 4.69) is 0 Å². The summed E-state index contributed by atoms with van der Waals surface area (Å²) in [6, 6.07) is 9.73. The lowest BCUT2D eigenvalue weighted by Crippen LogP contribution is -2.25. The van der Waals surface area contributed by atoms with Crippen LogP contribution < -0.4 is 5.73 Å². The zero-order valence-electron chi connectivity index (χ0n) is 9.85. The maximum atomic E-state index is 11.9. The summed E-state index contributed by atoms with van der Waals surface area (Å²) in [4.78, 5) is 11.9. The molecule has 0 spiro atoms. The quantitative estimate of drug-likeness (QED) is 0.795. The summed E-state index contributed by atoms with van der Waals surface area (Å²) in [5.41, 5.74) is 6.79. The fourth-order valence-electron chi connectivity index (χ4n) is 1.75. The molecule has 0 heterocycles. The van der Waals surface area contributed by atoms with Crippen LogP contribution >= 0.6 is 0 Å². The van der Waals surface area contributed by atoms with Crippen LogP contribution in [0, 0.1) is 0 Å². The zero-order chi connectivity index (χ0) is 12.0. The molecule has 0 bridgehead atoms. The number of nitrogens with two attached hydrogens (primary N) is 1. The van der Waals surface area contributed by atoms with Crippen LogP contribution in [0.5, 0.6) is 0 Å². The molecule has 3 nitrogen and oxygen atoms in total. The van der Waals surface area contributed by atoms with Gasteiger partial charge < -0.3 is 10.5 Å². The summed E-state index contributed by atoms with van der Waals surface area (Å²) >= 11 is 0. The van der Waals surface area contributed by atoms with Crippen molar-refractivity contribution >= 4 is 5.78 Å². The Morgan fingerprint density at radius 3 is 2.50 bits per heavy atom. The molecule has 0 saturated heterocycles. The van der Waals surface area contributed by atoms with Gasteiger partial charge in [-0.2, -0.15) is 0 Å². The summed E-state index contributed by atoms with van der Waals surface area (Å²) < 4.78 is 4.90. The third-order valence-corrected chi connectivity index (χ3v) is 2.48. The van der Waals surface area contributed by atoms with Crippen LogP contribution in [0.1, 0.15) is 24.8 Å². The highest BCUT2D eigenvalue weighted by Gasteiger charge is 2.21. The zero-order valence-corrected chi connectivity index (χ0v) is 9.85. The Hall–Kier alpha value is -1.19. The van der Waals surface area contributed by atoms with Crippen molar-refractivity contribution in [2.24, 2.45) is 5.73 Å². The van der Waals surface area contributed by atoms with E-state index in [1.165, 1.54) is 7.11 Å². The number of methoxy groups -OCH3 is 1. The molecule has 3 heteroatoms. The molecule has 16 heavy (non-hydrogen) atoms. The highest BCUT2D eigenvalue weighted by atomic mass is 16.5. The van der Waals surface area contributed by atoms with Gasteiger partial charge >= 0.3 is 0 Å². The molecule has 88 valence electrons. The van der Waals surface area contributed by atoms with E-state index in [0.717, 1.165) is 5.56 Å². The van der Waals surface area contributed by atoms with E-state index in [4.69, 9.17) is 10.5 Å². The minimum absolute atomic E-state index is 0.00557. The molecule has 0 radical (unpaired) electrons. The summed E-state index contributed by atoms with van der Waals surface area (Å²) in [5.74, 6) is -0.0628. The van der Waals surface area contributed by atoms with Gasteiger partial charge in [0.25, 0.3) is 0 Å². The highest BCUT2D eigenvalue weighted by Crippen LogP contribution is 2.21. The number of ether oxygens (including phenoxy) is 1. The Kier molecular flexibility index (Phi) is 5.15. The first-order valence-electron chi connectivity index (χ1n) is 5.47. The first kappa shape index (κ1) is 12.9. The molecule has 1 rings (SSSR count). The Morgan fingerprint density at radius 2 is 2.00 bits per heavy atom. The van der Waals surface area contributed by atoms with Crippen molar-refractivity contribution in [2.45, 2.75) is 25.3 Å². The lowest BCUT2D eigenvalue weighted by molar-refractivity contribution is -0.124. The van der Waals surface area contributed by atoms with Crippen molar-refractivity contribution in [3.8, 4) is 0 Å². The SMILES string of the molecule is COCC(=O)C(CC(C)N)c1ccccc1. The fraction of sp³-hybridized carbons (Fsp3) is 0.462. The van der Waals surface area contributed by atoms with Gasteiger partial charge in [-0.15, -0.1) is 0 Å². The van der Waals surface area contributed by atoms with Crippen LogP contribution in [0.15, 0.2) is 30.3 Å². The topological polar surface area (TPSA) is 52.3 Å². The number of ketones is 1. The molecule has 0 fully saturated rings. The van der Waals surface area contributed by atoms with Gasteiger partial charge in [-0.3, -0.25) is 4.79 Å². The molecule has 2 unspecified atom stereocenters. The Bertz CT molecular complexity index is 322. The van der Waals surface area contributed by atoms with Gasteiger partial charge in [0, 0.05) is 19.1 Å². The van der Waals surface area contributed by atoms with E-state index in [9.17, 15) is 4.79 Å². The van der Waals surface area contributed by atoms with E-state index >= 15 is 0 Å². The van der Waals surface area contributed by atoms with E-state index in [1.807, 2.05) is 37.3 Å². The van der Waals surface area contributed by atoms with Crippen molar-refractivity contribution in [1.29, 1.82) is 0 Å². The van der Waals surface area contributed by atoms with Crippen molar-refractivity contribution in [2.75, 3.05) is 13.7 Å². The molecule has 0 saturated carbocycles. The van der Waals surface area contributed by atoms with Crippen LogP contribution in [0.25, 0.3) is 0 Å². The minimum Gasteiger partial charge on any atom is -0.377 e. The number of Topliss-reactive ketones (excluding diaryl/α,β-unsaturated/α-hetero) is 1. The number of hydrogen-bond acceptors (Lipinski definition) is 3. The average molecular weight is 221 g/mol. The molecule has 2 N–H and O–H groups in total. The van der Waals surface area contributed by atoms with Gasteiger partial charge in [-0.25, -0.2) is 0 Å². The second-order valence-electron chi connectivity index (χ2n) is 4.08. The third-order valence-electron chi connectivity index (χ3n) is 2.48. The average Bonchev–Trinajstić information content (AvgIpc) is 2.27. The number of rotatable bonds is 6. The van der Waals surface area contributed by atoms with Gasteiger partial charge in [-0.05, 0) is 18.9 Å². The van der Waals surface area contributed by atoms with Gasteiger partial charge in [0.15, 0.2) is 5.78 Å². The normalized spacial score (nSPS) is 14.4. The predicted molar refractivity (Wildman–Crippen MR) is 64.3 cm³/mol. The standard InChI is InChI=1S/C13H19NO2/c1-10(14)8-12(13(15)9-16-2)11-6-4-3-5-7-11/h3-7,10,12H,8-9,14H2,1-2H3. The number of carbonyl (C=O) groups is 1. The maximum Gasteiger partial charge on any atom is 0.165 e. The van der Waals surface area contributed by atoms with Crippen molar-refractivity contribution in [1.82, 2.24) is 0 Å². The molecule has 0 aliphatic heterocycles. The lowest BCUT2D eigenvalue weighted by Gasteiger charge is -2.17. The second kappa shape index (κ2) is 6.40.